The zero-order chi connectivity index (χ0) is 13.9. The molecule has 1 aliphatic rings. The van der Waals surface area contributed by atoms with Crippen molar-refractivity contribution in [2.75, 3.05) is 7.11 Å². The van der Waals surface area contributed by atoms with Gasteiger partial charge in [0.2, 0.25) is 0 Å². The summed E-state index contributed by atoms with van der Waals surface area (Å²) in [6.07, 6.45) is -0.888. The van der Waals surface area contributed by atoms with Crippen LogP contribution in [0.4, 0.5) is 0 Å². The van der Waals surface area contributed by atoms with Crippen LogP contribution in [0.3, 0.4) is 0 Å². The van der Waals surface area contributed by atoms with Crippen LogP contribution in [-0.2, 0) is 19.0 Å². The molecule has 0 amide bonds. The smallest absolute Gasteiger partial charge is 0.306 e. The van der Waals surface area contributed by atoms with Crippen molar-refractivity contribution < 1.29 is 24.1 Å². The third-order valence-corrected chi connectivity index (χ3v) is 3.08. The lowest BCUT2D eigenvalue weighted by Crippen LogP contribution is -2.56. The molecule has 4 atom stereocenters. The third-order valence-electron chi connectivity index (χ3n) is 3.08. The van der Waals surface area contributed by atoms with Gasteiger partial charge in [-0.15, -0.1) is 0 Å². The Labute approximate surface area is 108 Å². The molecule has 1 aliphatic heterocycles. The van der Waals surface area contributed by atoms with E-state index < -0.39 is 24.1 Å². The Hall–Kier alpha value is -0.650. The Kier molecular flexibility index (Phi) is 5.13. The quantitative estimate of drug-likeness (QED) is 0.776. The highest BCUT2D eigenvalue weighted by Gasteiger charge is 2.46. The summed E-state index contributed by atoms with van der Waals surface area (Å²) in [6.45, 7) is 7.31. The SMILES string of the molecule is COC1CC(C)(O)C(OC(=O)CC(C)C)C(C)O1. The van der Waals surface area contributed by atoms with Gasteiger partial charge in [-0.2, -0.15) is 0 Å². The van der Waals surface area contributed by atoms with Crippen molar-refractivity contribution >= 4 is 5.97 Å². The van der Waals surface area contributed by atoms with Gasteiger partial charge in [-0.3, -0.25) is 4.79 Å². The summed E-state index contributed by atoms with van der Waals surface area (Å²) in [5.74, 6) is -0.0735. The lowest BCUT2D eigenvalue weighted by molar-refractivity contribution is -0.270. The minimum absolute atomic E-state index is 0.231. The van der Waals surface area contributed by atoms with Gasteiger partial charge in [0, 0.05) is 20.0 Å². The number of methoxy groups -OCH3 is 1. The first-order valence-corrected chi connectivity index (χ1v) is 6.36. The summed E-state index contributed by atoms with van der Waals surface area (Å²) in [5.41, 5.74) is -1.13. The van der Waals surface area contributed by atoms with Crippen molar-refractivity contribution in [3.05, 3.63) is 0 Å². The van der Waals surface area contributed by atoms with Gasteiger partial charge in [-0.05, 0) is 19.8 Å². The molecule has 0 bridgehead atoms. The number of aliphatic hydroxyl groups is 1. The van der Waals surface area contributed by atoms with E-state index >= 15 is 0 Å². The van der Waals surface area contributed by atoms with Crippen LogP contribution in [0.1, 0.15) is 40.5 Å². The third kappa shape index (κ3) is 3.93. The van der Waals surface area contributed by atoms with E-state index in [1.165, 1.54) is 7.11 Å². The molecule has 4 unspecified atom stereocenters. The first kappa shape index (κ1) is 15.4. The van der Waals surface area contributed by atoms with Crippen molar-refractivity contribution in [1.29, 1.82) is 0 Å². The van der Waals surface area contributed by atoms with Gasteiger partial charge in [0.15, 0.2) is 12.4 Å². The number of carbonyl (C=O) groups excluding carboxylic acids is 1. The minimum atomic E-state index is -1.13. The highest BCUT2D eigenvalue weighted by Crippen LogP contribution is 2.31. The molecule has 0 aromatic carbocycles. The van der Waals surface area contributed by atoms with Gasteiger partial charge in [-0.1, -0.05) is 13.8 Å². The maximum atomic E-state index is 11.7. The fraction of sp³-hybridized carbons (Fsp3) is 0.923. The molecule has 1 heterocycles. The predicted molar refractivity (Wildman–Crippen MR) is 65.9 cm³/mol. The van der Waals surface area contributed by atoms with Gasteiger partial charge in [0.25, 0.3) is 0 Å². The standard InChI is InChI=1S/C13H24O5/c1-8(2)6-10(14)18-12-9(3)17-11(16-5)7-13(12,4)15/h8-9,11-12,15H,6-7H2,1-5H3. The van der Waals surface area contributed by atoms with Crippen molar-refractivity contribution in [3.63, 3.8) is 0 Å². The first-order valence-electron chi connectivity index (χ1n) is 6.36. The summed E-state index contributed by atoms with van der Waals surface area (Å²) < 4.78 is 16.0. The van der Waals surface area contributed by atoms with Crippen LogP contribution in [-0.4, -0.2) is 42.3 Å². The average Bonchev–Trinajstić information content (AvgIpc) is 2.21. The maximum absolute atomic E-state index is 11.7. The molecular formula is C13H24O5. The molecule has 0 radical (unpaired) electrons. The Morgan fingerprint density at radius 2 is 2.17 bits per heavy atom. The molecule has 5 heteroatoms. The lowest BCUT2D eigenvalue weighted by Gasteiger charge is -2.43. The monoisotopic (exact) mass is 260 g/mol. The molecule has 18 heavy (non-hydrogen) atoms. The maximum Gasteiger partial charge on any atom is 0.306 e. The van der Waals surface area contributed by atoms with Gasteiger partial charge in [0.1, 0.15) is 5.60 Å². The Morgan fingerprint density at radius 3 is 2.61 bits per heavy atom. The van der Waals surface area contributed by atoms with Crippen molar-refractivity contribution in [3.8, 4) is 0 Å². The molecule has 0 aromatic rings. The minimum Gasteiger partial charge on any atom is -0.457 e. The Bertz CT molecular complexity index is 287. The second-order valence-electron chi connectivity index (χ2n) is 5.58. The molecule has 106 valence electrons. The van der Waals surface area contributed by atoms with E-state index in [0.717, 1.165) is 0 Å². The molecule has 1 saturated heterocycles. The number of ether oxygens (including phenoxy) is 3. The van der Waals surface area contributed by atoms with Crippen LogP contribution in [0.25, 0.3) is 0 Å². The highest BCUT2D eigenvalue weighted by molar-refractivity contribution is 5.70. The molecular weight excluding hydrogens is 236 g/mol. The lowest BCUT2D eigenvalue weighted by atomic mass is 9.88. The van der Waals surface area contributed by atoms with Crippen LogP contribution in [0.2, 0.25) is 0 Å². The van der Waals surface area contributed by atoms with Gasteiger partial charge in [-0.25, -0.2) is 0 Å². The molecule has 1 fully saturated rings. The number of esters is 1. The number of hydrogen-bond acceptors (Lipinski definition) is 5. The summed E-state index contributed by atoms with van der Waals surface area (Å²) in [6, 6.07) is 0. The second kappa shape index (κ2) is 5.99. The summed E-state index contributed by atoms with van der Waals surface area (Å²) in [5, 5.41) is 10.4. The molecule has 1 rings (SSSR count). The molecule has 0 saturated carbocycles. The average molecular weight is 260 g/mol. The largest absolute Gasteiger partial charge is 0.457 e. The van der Waals surface area contributed by atoms with Gasteiger partial charge in [0.05, 0.1) is 6.10 Å². The molecule has 1 N–H and O–H groups in total. The molecule has 5 nitrogen and oxygen atoms in total. The van der Waals surface area contributed by atoms with E-state index in [-0.39, 0.29) is 18.3 Å². The summed E-state index contributed by atoms with van der Waals surface area (Å²) >= 11 is 0. The normalized spacial score (nSPS) is 36.7. The van der Waals surface area contributed by atoms with Crippen LogP contribution < -0.4 is 0 Å². The van der Waals surface area contributed by atoms with Gasteiger partial charge < -0.3 is 19.3 Å². The topological polar surface area (TPSA) is 65.0 Å². The summed E-state index contributed by atoms with van der Waals surface area (Å²) in [7, 11) is 1.53. The Morgan fingerprint density at radius 1 is 1.56 bits per heavy atom. The molecule has 0 spiro atoms. The summed E-state index contributed by atoms with van der Waals surface area (Å²) in [4.78, 5) is 11.7. The van der Waals surface area contributed by atoms with Crippen LogP contribution in [0, 0.1) is 5.92 Å². The Balaban J connectivity index is 2.66. The zero-order valence-corrected chi connectivity index (χ0v) is 11.8. The molecule has 0 aromatic heterocycles. The fourth-order valence-electron chi connectivity index (χ4n) is 2.20. The van der Waals surface area contributed by atoms with Crippen molar-refractivity contribution in [2.45, 2.75) is 64.6 Å². The van der Waals surface area contributed by atoms with E-state index in [1.807, 2.05) is 13.8 Å². The van der Waals surface area contributed by atoms with Crippen molar-refractivity contribution in [1.82, 2.24) is 0 Å². The second-order valence-corrected chi connectivity index (χ2v) is 5.58. The van der Waals surface area contributed by atoms with E-state index in [1.54, 1.807) is 13.8 Å². The zero-order valence-electron chi connectivity index (χ0n) is 11.8. The van der Waals surface area contributed by atoms with Crippen LogP contribution in [0.15, 0.2) is 0 Å². The van der Waals surface area contributed by atoms with Crippen LogP contribution in [0.5, 0.6) is 0 Å². The van der Waals surface area contributed by atoms with E-state index in [0.29, 0.717) is 6.42 Å². The number of rotatable bonds is 4. The number of carbonyl (C=O) groups is 1. The highest BCUT2D eigenvalue weighted by atomic mass is 16.7. The number of hydrogen-bond donors (Lipinski definition) is 1. The fourth-order valence-corrected chi connectivity index (χ4v) is 2.20. The first-order chi connectivity index (χ1) is 8.26. The van der Waals surface area contributed by atoms with Gasteiger partial charge >= 0.3 is 5.97 Å². The van der Waals surface area contributed by atoms with E-state index in [9.17, 15) is 9.90 Å². The van der Waals surface area contributed by atoms with Crippen LogP contribution >= 0.6 is 0 Å². The van der Waals surface area contributed by atoms with E-state index in [4.69, 9.17) is 14.2 Å². The predicted octanol–water partition coefficient (Wildman–Crippen LogP) is 1.48. The van der Waals surface area contributed by atoms with E-state index in [2.05, 4.69) is 0 Å². The van der Waals surface area contributed by atoms with Crippen molar-refractivity contribution in [2.24, 2.45) is 5.92 Å². The molecule has 0 aliphatic carbocycles.